The average molecular weight is 311 g/mol. The van der Waals surface area contributed by atoms with Gasteiger partial charge in [0.1, 0.15) is 0 Å². The minimum atomic E-state index is -3.17. The third-order valence-electron chi connectivity index (χ3n) is 4.23. The first-order chi connectivity index (χ1) is 9.97. The molecule has 21 heavy (non-hydrogen) atoms. The van der Waals surface area contributed by atoms with Crippen LogP contribution in [0.25, 0.3) is 0 Å². The van der Waals surface area contributed by atoms with E-state index in [9.17, 15) is 13.5 Å². The zero-order valence-corrected chi connectivity index (χ0v) is 13.4. The van der Waals surface area contributed by atoms with Crippen molar-refractivity contribution in [2.75, 3.05) is 19.3 Å². The summed E-state index contributed by atoms with van der Waals surface area (Å²) >= 11 is 0. The van der Waals surface area contributed by atoms with Gasteiger partial charge in [-0.15, -0.1) is 0 Å². The number of benzene rings is 1. The summed E-state index contributed by atoms with van der Waals surface area (Å²) in [6, 6.07) is 6.46. The predicted octanol–water partition coefficient (Wildman–Crippen LogP) is 2.29. The molecule has 1 saturated carbocycles. The number of rotatable bonds is 7. The molecule has 1 fully saturated rings. The van der Waals surface area contributed by atoms with Gasteiger partial charge in [-0.2, -0.15) is 0 Å². The van der Waals surface area contributed by atoms with E-state index in [0.29, 0.717) is 6.54 Å². The molecule has 1 aromatic rings. The molecule has 0 saturated heterocycles. The first kappa shape index (κ1) is 16.5. The van der Waals surface area contributed by atoms with Gasteiger partial charge in [-0.1, -0.05) is 37.8 Å². The van der Waals surface area contributed by atoms with E-state index in [-0.39, 0.29) is 4.90 Å². The molecule has 0 radical (unpaired) electrons. The van der Waals surface area contributed by atoms with Crippen molar-refractivity contribution >= 4 is 9.84 Å². The largest absolute Gasteiger partial charge is 0.387 e. The van der Waals surface area contributed by atoms with Crippen LogP contribution in [0.4, 0.5) is 0 Å². The van der Waals surface area contributed by atoms with Crippen LogP contribution in [0, 0.1) is 5.92 Å². The first-order valence-electron chi connectivity index (χ1n) is 7.65. The lowest BCUT2D eigenvalue weighted by Gasteiger charge is -2.14. The minimum Gasteiger partial charge on any atom is -0.387 e. The molecule has 0 amide bonds. The summed E-state index contributed by atoms with van der Waals surface area (Å²) in [6.45, 7) is 1.44. The fourth-order valence-electron chi connectivity index (χ4n) is 2.90. The van der Waals surface area contributed by atoms with Crippen LogP contribution < -0.4 is 5.32 Å². The van der Waals surface area contributed by atoms with E-state index in [4.69, 9.17) is 0 Å². The second-order valence-corrected chi connectivity index (χ2v) is 8.02. The average Bonchev–Trinajstić information content (AvgIpc) is 2.96. The number of nitrogens with one attached hydrogen (secondary N) is 1. The third-order valence-corrected chi connectivity index (χ3v) is 5.36. The van der Waals surface area contributed by atoms with Crippen molar-refractivity contribution in [3.63, 3.8) is 0 Å². The van der Waals surface area contributed by atoms with Crippen LogP contribution in [0.3, 0.4) is 0 Å². The van der Waals surface area contributed by atoms with Gasteiger partial charge in [-0.3, -0.25) is 0 Å². The van der Waals surface area contributed by atoms with Crippen LogP contribution in [0.15, 0.2) is 29.2 Å². The SMILES string of the molecule is CS(=O)(=O)c1ccc(C(O)CNCCC2CCCC2)cc1. The van der Waals surface area contributed by atoms with Gasteiger partial charge in [-0.05, 0) is 36.6 Å². The van der Waals surface area contributed by atoms with Crippen LogP contribution in [0.2, 0.25) is 0 Å². The van der Waals surface area contributed by atoms with Gasteiger partial charge in [0.2, 0.25) is 0 Å². The zero-order chi connectivity index (χ0) is 15.3. The standard InChI is InChI=1S/C16H25NO3S/c1-21(19,20)15-8-6-14(7-9-15)16(18)12-17-11-10-13-4-2-3-5-13/h6-9,13,16-18H,2-5,10-12H2,1H3. The lowest BCUT2D eigenvalue weighted by molar-refractivity contribution is 0.174. The molecule has 4 nitrogen and oxygen atoms in total. The van der Waals surface area contributed by atoms with E-state index < -0.39 is 15.9 Å². The van der Waals surface area contributed by atoms with Crippen molar-refractivity contribution in [2.45, 2.75) is 43.1 Å². The van der Waals surface area contributed by atoms with Crippen molar-refractivity contribution in [3.05, 3.63) is 29.8 Å². The van der Waals surface area contributed by atoms with Gasteiger partial charge in [0, 0.05) is 12.8 Å². The molecule has 1 aliphatic rings. The molecular weight excluding hydrogens is 286 g/mol. The molecule has 1 unspecified atom stereocenters. The molecule has 1 atom stereocenters. The number of aliphatic hydroxyl groups is 1. The Labute approximate surface area is 127 Å². The Bertz CT molecular complexity index is 533. The highest BCUT2D eigenvalue weighted by molar-refractivity contribution is 7.90. The molecule has 2 rings (SSSR count). The lowest BCUT2D eigenvalue weighted by Crippen LogP contribution is -2.23. The summed E-state index contributed by atoms with van der Waals surface area (Å²) in [5.41, 5.74) is 0.746. The Morgan fingerprint density at radius 3 is 2.43 bits per heavy atom. The van der Waals surface area contributed by atoms with Gasteiger partial charge in [0.15, 0.2) is 9.84 Å². The quantitative estimate of drug-likeness (QED) is 0.758. The van der Waals surface area contributed by atoms with Gasteiger partial charge < -0.3 is 10.4 Å². The molecule has 1 aromatic carbocycles. The highest BCUT2D eigenvalue weighted by atomic mass is 32.2. The van der Waals surface area contributed by atoms with E-state index in [1.807, 2.05) is 0 Å². The molecule has 0 heterocycles. The van der Waals surface area contributed by atoms with E-state index in [2.05, 4.69) is 5.32 Å². The maximum atomic E-state index is 11.4. The van der Waals surface area contributed by atoms with Crippen molar-refractivity contribution in [3.8, 4) is 0 Å². The van der Waals surface area contributed by atoms with E-state index in [0.717, 1.165) is 18.0 Å². The summed E-state index contributed by atoms with van der Waals surface area (Å²) < 4.78 is 22.8. The zero-order valence-electron chi connectivity index (χ0n) is 12.6. The smallest absolute Gasteiger partial charge is 0.175 e. The summed E-state index contributed by atoms with van der Waals surface area (Å²) in [5.74, 6) is 0.851. The second kappa shape index (κ2) is 7.38. The van der Waals surface area contributed by atoms with Crippen molar-refractivity contribution in [1.82, 2.24) is 5.32 Å². The van der Waals surface area contributed by atoms with Crippen molar-refractivity contribution in [1.29, 1.82) is 0 Å². The maximum Gasteiger partial charge on any atom is 0.175 e. The van der Waals surface area contributed by atoms with Gasteiger partial charge >= 0.3 is 0 Å². The highest BCUT2D eigenvalue weighted by Gasteiger charge is 2.15. The van der Waals surface area contributed by atoms with E-state index >= 15 is 0 Å². The molecule has 5 heteroatoms. The molecular formula is C16H25NO3S. The predicted molar refractivity (Wildman–Crippen MR) is 84.0 cm³/mol. The molecule has 2 N–H and O–H groups in total. The van der Waals surface area contributed by atoms with Gasteiger partial charge in [-0.25, -0.2) is 8.42 Å². The Hall–Kier alpha value is -0.910. The Balaban J connectivity index is 1.76. The molecule has 0 aromatic heterocycles. The van der Waals surface area contributed by atoms with Crippen molar-refractivity contribution in [2.24, 2.45) is 5.92 Å². The summed E-state index contributed by atoms with van der Waals surface area (Å²) in [7, 11) is -3.17. The van der Waals surface area contributed by atoms with Crippen LogP contribution in [-0.2, 0) is 9.84 Å². The van der Waals surface area contributed by atoms with Crippen LogP contribution in [0.1, 0.15) is 43.8 Å². The van der Waals surface area contributed by atoms with Crippen LogP contribution in [0.5, 0.6) is 0 Å². The number of hydrogen-bond acceptors (Lipinski definition) is 4. The van der Waals surface area contributed by atoms with E-state index in [1.165, 1.54) is 38.4 Å². The monoisotopic (exact) mass is 311 g/mol. The van der Waals surface area contributed by atoms with Gasteiger partial charge in [0.25, 0.3) is 0 Å². The fraction of sp³-hybridized carbons (Fsp3) is 0.625. The third kappa shape index (κ3) is 5.09. The lowest BCUT2D eigenvalue weighted by atomic mass is 10.0. The summed E-state index contributed by atoms with van der Waals surface area (Å²) in [4.78, 5) is 0.285. The molecule has 0 bridgehead atoms. The number of sulfone groups is 1. The fourth-order valence-corrected chi connectivity index (χ4v) is 3.53. The number of aliphatic hydroxyl groups excluding tert-OH is 1. The first-order valence-corrected chi connectivity index (χ1v) is 9.55. The topological polar surface area (TPSA) is 66.4 Å². The van der Waals surface area contributed by atoms with Gasteiger partial charge in [0.05, 0.1) is 11.0 Å². The molecule has 0 spiro atoms. The number of hydrogen-bond donors (Lipinski definition) is 2. The Kier molecular flexibility index (Phi) is 5.79. The Morgan fingerprint density at radius 1 is 1.24 bits per heavy atom. The minimum absolute atomic E-state index is 0.285. The van der Waals surface area contributed by atoms with Crippen LogP contribution in [-0.4, -0.2) is 32.9 Å². The summed E-state index contributed by atoms with van der Waals surface area (Å²) in [5, 5.41) is 13.4. The molecule has 1 aliphatic carbocycles. The normalized spacial score (nSPS) is 18.0. The second-order valence-electron chi connectivity index (χ2n) is 6.00. The molecule has 118 valence electrons. The maximum absolute atomic E-state index is 11.4. The van der Waals surface area contributed by atoms with E-state index in [1.54, 1.807) is 24.3 Å². The van der Waals surface area contributed by atoms with Crippen LogP contribution >= 0.6 is 0 Å². The Morgan fingerprint density at radius 2 is 1.86 bits per heavy atom. The summed E-state index contributed by atoms with van der Waals surface area (Å²) in [6.07, 6.45) is 7.18. The van der Waals surface area contributed by atoms with Crippen molar-refractivity contribution < 1.29 is 13.5 Å². The molecule has 0 aliphatic heterocycles. The highest BCUT2D eigenvalue weighted by Crippen LogP contribution is 2.26.